The molecule has 1 aliphatic heterocycles. The van der Waals surface area contributed by atoms with Crippen molar-refractivity contribution in [3.8, 4) is 0 Å². The fourth-order valence-corrected chi connectivity index (χ4v) is 3.57. The van der Waals surface area contributed by atoms with Crippen molar-refractivity contribution in [1.29, 1.82) is 0 Å². The molecule has 0 aliphatic carbocycles. The first-order valence-corrected chi connectivity index (χ1v) is 8.55. The van der Waals surface area contributed by atoms with Gasteiger partial charge in [-0.05, 0) is 36.5 Å². The van der Waals surface area contributed by atoms with Crippen molar-refractivity contribution >= 4 is 10.0 Å². The summed E-state index contributed by atoms with van der Waals surface area (Å²) in [5.74, 6) is 0.617. The zero-order chi connectivity index (χ0) is 14.0. The Morgan fingerprint density at radius 2 is 2.00 bits per heavy atom. The van der Waals surface area contributed by atoms with Crippen molar-refractivity contribution in [2.24, 2.45) is 17.3 Å². The Balaban J connectivity index is 2.63. The molecule has 2 unspecified atom stereocenters. The maximum absolute atomic E-state index is 11.6. The lowest BCUT2D eigenvalue weighted by Gasteiger charge is -2.36. The summed E-state index contributed by atoms with van der Waals surface area (Å²) < 4.78 is 24.7. The van der Waals surface area contributed by atoms with E-state index in [9.17, 15) is 13.5 Å². The van der Waals surface area contributed by atoms with Crippen LogP contribution in [0.5, 0.6) is 0 Å². The number of sulfonamides is 1. The largest absolute Gasteiger partial charge is 0.396 e. The van der Waals surface area contributed by atoms with Crippen LogP contribution in [0.3, 0.4) is 0 Å². The minimum atomic E-state index is -3.07. The molecule has 1 fully saturated rings. The lowest BCUT2D eigenvalue weighted by Crippen LogP contribution is -2.40. The molecular formula is C13H27NO3S. The summed E-state index contributed by atoms with van der Waals surface area (Å²) in [5, 5.41) is 9.49. The number of nitrogens with zero attached hydrogens (tertiary/aromatic N) is 1. The average Bonchev–Trinajstić information content (AvgIpc) is 2.23. The number of aliphatic hydroxyl groups is 1. The Hall–Kier alpha value is -0.130. The van der Waals surface area contributed by atoms with Gasteiger partial charge in [-0.15, -0.1) is 0 Å². The van der Waals surface area contributed by atoms with Gasteiger partial charge < -0.3 is 5.11 Å². The van der Waals surface area contributed by atoms with E-state index < -0.39 is 10.0 Å². The number of piperidine rings is 1. The fourth-order valence-electron chi connectivity index (χ4n) is 2.62. The van der Waals surface area contributed by atoms with E-state index in [-0.39, 0.29) is 17.9 Å². The average molecular weight is 277 g/mol. The summed E-state index contributed by atoms with van der Waals surface area (Å²) in [5.41, 5.74) is 0.0715. The van der Waals surface area contributed by atoms with Crippen LogP contribution in [0.1, 0.15) is 40.0 Å². The molecule has 1 N–H and O–H groups in total. The molecular weight excluding hydrogens is 250 g/mol. The fraction of sp³-hybridized carbons (Fsp3) is 1.00. The molecule has 1 heterocycles. The van der Waals surface area contributed by atoms with Crippen LogP contribution < -0.4 is 0 Å². The summed E-state index contributed by atoms with van der Waals surface area (Å²) >= 11 is 0. The smallest absolute Gasteiger partial charge is 0.211 e. The number of aliphatic hydroxyl groups excluding tert-OH is 1. The standard InChI is InChI=1S/C13H27NO3S/c1-13(2,3)12(10-15)8-11-6-5-7-14(9-11)18(4,16)17/h11-12,15H,5-10H2,1-4H3. The molecule has 5 heteroatoms. The SMILES string of the molecule is CC(C)(C)C(CO)CC1CCCN(S(C)(=O)=O)C1. The molecule has 0 bridgehead atoms. The maximum atomic E-state index is 11.6. The molecule has 0 amide bonds. The quantitative estimate of drug-likeness (QED) is 0.851. The van der Waals surface area contributed by atoms with E-state index in [2.05, 4.69) is 20.8 Å². The third-order valence-electron chi connectivity index (χ3n) is 4.01. The van der Waals surface area contributed by atoms with Crippen molar-refractivity contribution in [2.45, 2.75) is 40.0 Å². The topological polar surface area (TPSA) is 57.6 Å². The van der Waals surface area contributed by atoms with E-state index in [0.717, 1.165) is 19.3 Å². The first kappa shape index (κ1) is 15.9. The van der Waals surface area contributed by atoms with Gasteiger partial charge in [-0.3, -0.25) is 0 Å². The predicted octanol–water partition coefficient (Wildman–Crippen LogP) is 1.70. The Morgan fingerprint density at radius 1 is 1.39 bits per heavy atom. The van der Waals surface area contributed by atoms with Gasteiger partial charge in [0.25, 0.3) is 0 Å². The molecule has 108 valence electrons. The van der Waals surface area contributed by atoms with E-state index in [1.807, 2.05) is 0 Å². The van der Waals surface area contributed by atoms with Crippen molar-refractivity contribution in [3.05, 3.63) is 0 Å². The molecule has 0 aromatic carbocycles. The van der Waals surface area contributed by atoms with Crippen LogP contribution in [0.2, 0.25) is 0 Å². The Kier molecular flexibility index (Phi) is 5.21. The van der Waals surface area contributed by atoms with Crippen LogP contribution in [0.15, 0.2) is 0 Å². The minimum Gasteiger partial charge on any atom is -0.396 e. The predicted molar refractivity (Wildman–Crippen MR) is 73.8 cm³/mol. The molecule has 1 saturated heterocycles. The highest BCUT2D eigenvalue weighted by atomic mass is 32.2. The van der Waals surface area contributed by atoms with Crippen LogP contribution in [0.25, 0.3) is 0 Å². The molecule has 0 aromatic heterocycles. The van der Waals surface area contributed by atoms with Crippen LogP contribution in [0.4, 0.5) is 0 Å². The van der Waals surface area contributed by atoms with Crippen LogP contribution in [-0.2, 0) is 10.0 Å². The minimum absolute atomic E-state index is 0.0715. The zero-order valence-electron chi connectivity index (χ0n) is 12.0. The zero-order valence-corrected chi connectivity index (χ0v) is 12.8. The van der Waals surface area contributed by atoms with Gasteiger partial charge in [0.2, 0.25) is 10.0 Å². The van der Waals surface area contributed by atoms with Crippen molar-refractivity contribution in [1.82, 2.24) is 4.31 Å². The molecule has 1 aliphatic rings. The van der Waals surface area contributed by atoms with Gasteiger partial charge >= 0.3 is 0 Å². The number of hydrogen-bond donors (Lipinski definition) is 1. The van der Waals surface area contributed by atoms with Gasteiger partial charge in [-0.25, -0.2) is 12.7 Å². The second kappa shape index (κ2) is 5.88. The van der Waals surface area contributed by atoms with Crippen LogP contribution in [-0.4, -0.2) is 43.8 Å². The Morgan fingerprint density at radius 3 is 2.44 bits per heavy atom. The monoisotopic (exact) mass is 277 g/mol. The van der Waals surface area contributed by atoms with E-state index in [1.165, 1.54) is 6.26 Å². The molecule has 18 heavy (non-hydrogen) atoms. The van der Waals surface area contributed by atoms with Gasteiger partial charge in [0.05, 0.1) is 6.26 Å². The second-order valence-electron chi connectivity index (χ2n) is 6.61. The molecule has 0 aromatic rings. The van der Waals surface area contributed by atoms with Crippen LogP contribution in [0, 0.1) is 17.3 Å². The molecule has 1 rings (SSSR count). The lowest BCUT2D eigenvalue weighted by molar-refractivity contribution is 0.0940. The van der Waals surface area contributed by atoms with E-state index >= 15 is 0 Å². The van der Waals surface area contributed by atoms with Crippen molar-refractivity contribution in [3.63, 3.8) is 0 Å². The van der Waals surface area contributed by atoms with Gasteiger partial charge in [0.15, 0.2) is 0 Å². The highest BCUT2D eigenvalue weighted by Crippen LogP contribution is 2.34. The van der Waals surface area contributed by atoms with Crippen LogP contribution >= 0.6 is 0 Å². The first-order chi connectivity index (χ1) is 8.14. The summed E-state index contributed by atoms with van der Waals surface area (Å²) in [7, 11) is -3.07. The molecule has 0 saturated carbocycles. The van der Waals surface area contributed by atoms with Gasteiger partial charge in [-0.1, -0.05) is 20.8 Å². The molecule has 4 nitrogen and oxygen atoms in total. The second-order valence-corrected chi connectivity index (χ2v) is 8.59. The Labute approximate surface area is 111 Å². The maximum Gasteiger partial charge on any atom is 0.211 e. The lowest BCUT2D eigenvalue weighted by atomic mass is 9.75. The number of hydrogen-bond acceptors (Lipinski definition) is 3. The van der Waals surface area contributed by atoms with E-state index in [4.69, 9.17) is 0 Å². The van der Waals surface area contributed by atoms with Gasteiger partial charge in [0, 0.05) is 19.7 Å². The van der Waals surface area contributed by atoms with E-state index in [0.29, 0.717) is 19.0 Å². The molecule has 0 spiro atoms. The summed E-state index contributed by atoms with van der Waals surface area (Å²) in [4.78, 5) is 0. The summed E-state index contributed by atoms with van der Waals surface area (Å²) in [6.07, 6.45) is 4.19. The van der Waals surface area contributed by atoms with Crippen molar-refractivity contribution < 1.29 is 13.5 Å². The molecule has 2 atom stereocenters. The summed E-state index contributed by atoms with van der Waals surface area (Å²) in [6.45, 7) is 7.83. The number of rotatable bonds is 4. The van der Waals surface area contributed by atoms with Crippen molar-refractivity contribution in [2.75, 3.05) is 26.0 Å². The van der Waals surface area contributed by atoms with Gasteiger partial charge in [0.1, 0.15) is 0 Å². The normalized spacial score (nSPS) is 25.1. The first-order valence-electron chi connectivity index (χ1n) is 6.70. The van der Waals surface area contributed by atoms with Gasteiger partial charge in [-0.2, -0.15) is 0 Å². The highest BCUT2D eigenvalue weighted by Gasteiger charge is 2.31. The summed E-state index contributed by atoms with van der Waals surface area (Å²) in [6, 6.07) is 0. The third kappa shape index (κ3) is 4.52. The Bertz CT molecular complexity index is 359. The van der Waals surface area contributed by atoms with E-state index in [1.54, 1.807) is 4.31 Å². The third-order valence-corrected chi connectivity index (χ3v) is 5.28. The molecule has 0 radical (unpaired) electrons. The highest BCUT2D eigenvalue weighted by molar-refractivity contribution is 7.88.